The van der Waals surface area contributed by atoms with Gasteiger partial charge in [-0.1, -0.05) is 13.8 Å². The molecule has 0 atom stereocenters. The fourth-order valence-electron chi connectivity index (χ4n) is 2.67. The molecule has 0 unspecified atom stereocenters. The highest BCUT2D eigenvalue weighted by Crippen LogP contribution is 2.30. The van der Waals surface area contributed by atoms with E-state index in [0.29, 0.717) is 6.54 Å². The van der Waals surface area contributed by atoms with Crippen LogP contribution in [0.5, 0.6) is 0 Å². The van der Waals surface area contributed by atoms with Crippen molar-refractivity contribution in [2.45, 2.75) is 46.6 Å². The molecule has 112 valence electrons. The van der Waals surface area contributed by atoms with Crippen LogP contribution in [0.25, 0.3) is 0 Å². The van der Waals surface area contributed by atoms with E-state index in [0.717, 1.165) is 50.3 Å². The van der Waals surface area contributed by atoms with Crippen molar-refractivity contribution in [3.63, 3.8) is 0 Å². The van der Waals surface area contributed by atoms with Gasteiger partial charge >= 0.3 is 0 Å². The molecule has 0 saturated carbocycles. The summed E-state index contributed by atoms with van der Waals surface area (Å²) < 4.78 is 1.82. The molecule has 0 aromatic carbocycles. The maximum absolute atomic E-state index is 12.6. The van der Waals surface area contributed by atoms with Gasteiger partial charge in [-0.2, -0.15) is 5.10 Å². The molecule has 1 aliphatic heterocycles. The predicted octanol–water partition coefficient (Wildman–Crippen LogP) is 1.67. The first-order chi connectivity index (χ1) is 9.53. The number of carbonyl (C=O) groups excluding carboxylic acids is 1. The van der Waals surface area contributed by atoms with Gasteiger partial charge in [0, 0.05) is 19.6 Å². The number of aryl methyl sites for hydroxylation is 2. The largest absolute Gasteiger partial charge is 0.337 e. The summed E-state index contributed by atoms with van der Waals surface area (Å²) in [4.78, 5) is 14.6. The number of nitrogens with two attached hydrogens (primary N) is 1. The molecule has 0 radical (unpaired) electrons. The van der Waals surface area contributed by atoms with Gasteiger partial charge in [0.1, 0.15) is 5.69 Å². The van der Waals surface area contributed by atoms with Gasteiger partial charge in [0.2, 0.25) is 0 Å². The summed E-state index contributed by atoms with van der Waals surface area (Å²) >= 11 is 0. The van der Waals surface area contributed by atoms with E-state index in [1.165, 1.54) is 0 Å². The molecule has 1 fully saturated rings. The van der Waals surface area contributed by atoms with Gasteiger partial charge in [0.25, 0.3) is 5.91 Å². The summed E-state index contributed by atoms with van der Waals surface area (Å²) in [5, 5.41) is 4.46. The second-order valence-corrected chi connectivity index (χ2v) is 6.00. The lowest BCUT2D eigenvalue weighted by Gasteiger charge is -2.38. The van der Waals surface area contributed by atoms with E-state index >= 15 is 0 Å². The number of hydrogen-bond donors (Lipinski definition) is 1. The van der Waals surface area contributed by atoms with Crippen molar-refractivity contribution in [2.75, 3.05) is 19.6 Å². The van der Waals surface area contributed by atoms with Crippen molar-refractivity contribution >= 4 is 5.91 Å². The number of carbonyl (C=O) groups is 1. The van der Waals surface area contributed by atoms with Crippen LogP contribution in [-0.2, 0) is 13.0 Å². The normalized spacial score (nSPS) is 18.3. The second-order valence-electron chi connectivity index (χ2n) is 6.00. The minimum atomic E-state index is 0.109. The van der Waals surface area contributed by atoms with Gasteiger partial charge in [0.05, 0.1) is 5.69 Å². The summed E-state index contributed by atoms with van der Waals surface area (Å²) in [7, 11) is 0. The third-order valence-electron chi connectivity index (χ3n) is 4.46. The molecule has 0 spiro atoms. The number of piperidine rings is 1. The van der Waals surface area contributed by atoms with Crippen LogP contribution >= 0.6 is 0 Å². The number of likely N-dealkylation sites (tertiary alicyclic amines) is 1. The van der Waals surface area contributed by atoms with Crippen molar-refractivity contribution < 1.29 is 4.79 Å². The van der Waals surface area contributed by atoms with Crippen LogP contribution in [0.2, 0.25) is 0 Å². The van der Waals surface area contributed by atoms with Gasteiger partial charge in [-0.25, -0.2) is 0 Å². The third kappa shape index (κ3) is 2.87. The highest BCUT2D eigenvalue weighted by molar-refractivity contribution is 5.92. The Labute approximate surface area is 121 Å². The first-order valence-electron chi connectivity index (χ1n) is 7.59. The van der Waals surface area contributed by atoms with Gasteiger partial charge < -0.3 is 10.6 Å². The minimum absolute atomic E-state index is 0.109. The van der Waals surface area contributed by atoms with Crippen LogP contribution in [0.1, 0.15) is 49.8 Å². The Bertz CT molecular complexity index is 472. The molecule has 1 aromatic rings. The molecular formula is C15H26N4O. The second kappa shape index (κ2) is 5.95. The molecular weight excluding hydrogens is 252 g/mol. The number of hydrogen-bond acceptors (Lipinski definition) is 3. The summed E-state index contributed by atoms with van der Waals surface area (Å²) in [6, 6.07) is 1.93. The van der Waals surface area contributed by atoms with E-state index in [4.69, 9.17) is 5.73 Å². The molecule has 2 N–H and O–H groups in total. The Morgan fingerprint density at radius 3 is 2.55 bits per heavy atom. The van der Waals surface area contributed by atoms with Crippen molar-refractivity contribution in [1.29, 1.82) is 0 Å². The Morgan fingerprint density at radius 1 is 1.40 bits per heavy atom. The predicted molar refractivity (Wildman–Crippen MR) is 79.6 cm³/mol. The van der Waals surface area contributed by atoms with Crippen LogP contribution in [0.15, 0.2) is 6.07 Å². The van der Waals surface area contributed by atoms with Gasteiger partial charge in [0.15, 0.2) is 0 Å². The van der Waals surface area contributed by atoms with Gasteiger partial charge in [-0.15, -0.1) is 0 Å². The molecule has 1 aliphatic rings. The average molecular weight is 278 g/mol. The van der Waals surface area contributed by atoms with Crippen molar-refractivity contribution in [2.24, 2.45) is 11.1 Å². The highest BCUT2D eigenvalue weighted by atomic mass is 16.2. The van der Waals surface area contributed by atoms with Crippen LogP contribution in [0.3, 0.4) is 0 Å². The zero-order chi connectivity index (χ0) is 14.8. The fourth-order valence-corrected chi connectivity index (χ4v) is 2.67. The summed E-state index contributed by atoms with van der Waals surface area (Å²) in [5.41, 5.74) is 7.72. The average Bonchev–Trinajstić information content (AvgIpc) is 2.90. The Kier molecular flexibility index (Phi) is 4.48. The molecule has 5 heteroatoms. The van der Waals surface area contributed by atoms with Crippen molar-refractivity contribution in [1.82, 2.24) is 14.7 Å². The first kappa shape index (κ1) is 15.0. The lowest BCUT2D eigenvalue weighted by molar-refractivity contribution is 0.0605. The number of aromatic nitrogens is 2. The van der Waals surface area contributed by atoms with Crippen LogP contribution in [-0.4, -0.2) is 40.2 Å². The Balaban J connectivity index is 2.11. The lowest BCUT2D eigenvalue weighted by atomic mass is 9.80. The zero-order valence-electron chi connectivity index (χ0n) is 12.9. The number of nitrogens with zero attached hydrogens (tertiary/aromatic N) is 3. The minimum Gasteiger partial charge on any atom is -0.337 e. The molecule has 5 nitrogen and oxygen atoms in total. The van der Waals surface area contributed by atoms with Crippen molar-refractivity contribution in [3.05, 3.63) is 17.5 Å². The SMILES string of the molecule is CCc1cc(C(=O)N2CCC(C)(CN)CC2)n(CC)n1. The van der Waals surface area contributed by atoms with E-state index in [9.17, 15) is 4.79 Å². The van der Waals surface area contributed by atoms with Crippen LogP contribution in [0, 0.1) is 5.41 Å². The number of amides is 1. The smallest absolute Gasteiger partial charge is 0.272 e. The van der Waals surface area contributed by atoms with Crippen molar-refractivity contribution in [3.8, 4) is 0 Å². The summed E-state index contributed by atoms with van der Waals surface area (Å²) in [5.74, 6) is 0.109. The molecule has 1 saturated heterocycles. The molecule has 1 aromatic heterocycles. The molecule has 2 heterocycles. The van der Waals surface area contributed by atoms with Gasteiger partial charge in [-0.05, 0) is 44.2 Å². The van der Waals surface area contributed by atoms with E-state index in [2.05, 4.69) is 18.9 Å². The lowest BCUT2D eigenvalue weighted by Crippen LogP contribution is -2.45. The monoisotopic (exact) mass is 278 g/mol. The van der Waals surface area contributed by atoms with E-state index in [-0.39, 0.29) is 11.3 Å². The maximum Gasteiger partial charge on any atom is 0.272 e. The Morgan fingerprint density at radius 2 is 2.05 bits per heavy atom. The standard InChI is InChI=1S/C15H26N4O/c1-4-12-10-13(19(5-2)17-12)14(20)18-8-6-15(3,11-16)7-9-18/h10H,4-9,11,16H2,1-3H3. The molecule has 2 rings (SSSR count). The topological polar surface area (TPSA) is 64.2 Å². The van der Waals surface area contributed by atoms with E-state index in [1.807, 2.05) is 22.6 Å². The fraction of sp³-hybridized carbons (Fsp3) is 0.733. The molecule has 1 amide bonds. The molecule has 0 aliphatic carbocycles. The molecule has 0 bridgehead atoms. The van der Waals surface area contributed by atoms with Crippen LogP contribution < -0.4 is 5.73 Å². The highest BCUT2D eigenvalue weighted by Gasteiger charge is 2.32. The Hall–Kier alpha value is -1.36. The van der Waals surface area contributed by atoms with Gasteiger partial charge in [-0.3, -0.25) is 9.48 Å². The quantitative estimate of drug-likeness (QED) is 0.911. The summed E-state index contributed by atoms with van der Waals surface area (Å²) in [6.07, 6.45) is 2.82. The maximum atomic E-state index is 12.6. The summed E-state index contributed by atoms with van der Waals surface area (Å²) in [6.45, 7) is 9.30. The first-order valence-corrected chi connectivity index (χ1v) is 7.59. The number of rotatable bonds is 4. The van der Waals surface area contributed by atoms with Crippen LogP contribution in [0.4, 0.5) is 0 Å². The zero-order valence-corrected chi connectivity index (χ0v) is 12.9. The molecule has 20 heavy (non-hydrogen) atoms. The third-order valence-corrected chi connectivity index (χ3v) is 4.46. The van der Waals surface area contributed by atoms with E-state index < -0.39 is 0 Å². The van der Waals surface area contributed by atoms with E-state index in [1.54, 1.807) is 0 Å².